The van der Waals surface area contributed by atoms with Crippen molar-refractivity contribution in [3.8, 4) is 5.82 Å². The van der Waals surface area contributed by atoms with E-state index in [0.717, 1.165) is 30.0 Å². The van der Waals surface area contributed by atoms with Gasteiger partial charge in [0.25, 0.3) is 0 Å². The molecule has 0 fully saturated rings. The molecule has 0 atom stereocenters. The number of nitrogens with two attached hydrogens (primary N) is 1. The monoisotopic (exact) mass is 315 g/mol. The summed E-state index contributed by atoms with van der Waals surface area (Å²) in [5.41, 5.74) is 6.29. The lowest BCUT2D eigenvalue weighted by Crippen LogP contribution is -2.45. The van der Waals surface area contributed by atoms with Crippen molar-refractivity contribution >= 4 is 5.91 Å². The Labute approximate surface area is 137 Å². The molecule has 2 rings (SSSR count). The number of hydrogen-bond donors (Lipinski definition) is 2. The van der Waals surface area contributed by atoms with Crippen LogP contribution < -0.4 is 11.1 Å². The first-order chi connectivity index (χ1) is 11.1. The summed E-state index contributed by atoms with van der Waals surface area (Å²) in [6.07, 6.45) is 6.87. The average Bonchev–Trinajstić information content (AvgIpc) is 3.01. The summed E-state index contributed by atoms with van der Waals surface area (Å²) in [6.45, 7) is 6.75. The van der Waals surface area contributed by atoms with Crippen molar-refractivity contribution in [2.24, 2.45) is 11.1 Å². The molecular weight excluding hydrogens is 290 g/mol. The summed E-state index contributed by atoms with van der Waals surface area (Å²) in [5.74, 6) is 1.71. The van der Waals surface area contributed by atoms with Crippen LogP contribution in [0.15, 0.2) is 30.7 Å². The fourth-order valence-corrected chi connectivity index (χ4v) is 2.61. The van der Waals surface area contributed by atoms with E-state index in [-0.39, 0.29) is 5.91 Å². The van der Waals surface area contributed by atoms with Crippen LogP contribution in [0, 0.1) is 12.3 Å². The Bertz CT molecular complexity index is 635. The molecule has 2 aromatic heterocycles. The van der Waals surface area contributed by atoms with E-state index in [1.165, 1.54) is 0 Å². The van der Waals surface area contributed by atoms with Crippen molar-refractivity contribution in [1.82, 2.24) is 19.9 Å². The van der Waals surface area contributed by atoms with Crippen molar-refractivity contribution in [3.63, 3.8) is 0 Å². The zero-order valence-electron chi connectivity index (χ0n) is 14.0. The SMILES string of the molecule is CCC(CC)(CN)C(=O)NCc1ccc(-n2ccnc2C)nc1. The van der Waals surface area contributed by atoms with E-state index in [0.29, 0.717) is 13.1 Å². The van der Waals surface area contributed by atoms with Gasteiger partial charge in [-0.2, -0.15) is 0 Å². The molecule has 124 valence electrons. The molecule has 0 aliphatic heterocycles. The summed E-state index contributed by atoms with van der Waals surface area (Å²) in [4.78, 5) is 21.0. The van der Waals surface area contributed by atoms with Gasteiger partial charge in [0.2, 0.25) is 5.91 Å². The molecule has 2 aromatic rings. The minimum atomic E-state index is -0.471. The summed E-state index contributed by atoms with van der Waals surface area (Å²) in [6, 6.07) is 3.88. The second-order valence-corrected chi connectivity index (χ2v) is 5.74. The number of hydrogen-bond acceptors (Lipinski definition) is 4. The summed E-state index contributed by atoms with van der Waals surface area (Å²) in [5, 5.41) is 2.98. The van der Waals surface area contributed by atoms with Gasteiger partial charge in [0.1, 0.15) is 11.6 Å². The summed E-state index contributed by atoms with van der Waals surface area (Å²) in [7, 11) is 0. The van der Waals surface area contributed by atoms with Gasteiger partial charge in [0.15, 0.2) is 0 Å². The third-order valence-electron chi connectivity index (χ3n) is 4.56. The zero-order chi connectivity index (χ0) is 16.9. The number of amides is 1. The molecular formula is C17H25N5O. The molecule has 0 saturated carbocycles. The standard InChI is InChI=1S/C17H25N5O/c1-4-17(5-2,12-18)16(23)21-11-14-6-7-15(20-10-14)22-9-8-19-13(22)3/h6-10H,4-5,11-12,18H2,1-3H3,(H,21,23). The summed E-state index contributed by atoms with van der Waals surface area (Å²) < 4.78 is 1.91. The third kappa shape index (κ3) is 3.59. The van der Waals surface area contributed by atoms with Crippen LogP contribution in [0.25, 0.3) is 5.82 Å². The minimum Gasteiger partial charge on any atom is -0.351 e. The first-order valence-corrected chi connectivity index (χ1v) is 8.00. The number of pyridine rings is 1. The Balaban J connectivity index is 2.02. The van der Waals surface area contributed by atoms with Crippen LogP contribution >= 0.6 is 0 Å². The quantitative estimate of drug-likeness (QED) is 0.818. The lowest BCUT2D eigenvalue weighted by Gasteiger charge is -2.28. The molecule has 1 amide bonds. The normalized spacial score (nSPS) is 11.5. The number of nitrogens with zero attached hydrogens (tertiary/aromatic N) is 3. The van der Waals surface area contributed by atoms with Crippen LogP contribution in [0.5, 0.6) is 0 Å². The highest BCUT2D eigenvalue weighted by Gasteiger charge is 2.32. The van der Waals surface area contributed by atoms with Gasteiger partial charge in [-0.3, -0.25) is 9.36 Å². The zero-order valence-corrected chi connectivity index (χ0v) is 14.0. The highest BCUT2D eigenvalue weighted by Crippen LogP contribution is 2.25. The molecule has 0 spiro atoms. The van der Waals surface area contributed by atoms with Crippen LogP contribution in [-0.4, -0.2) is 27.0 Å². The number of carbonyl (C=O) groups excluding carboxylic acids is 1. The molecule has 3 N–H and O–H groups in total. The smallest absolute Gasteiger partial charge is 0.227 e. The first kappa shape index (κ1) is 17.1. The van der Waals surface area contributed by atoms with Gasteiger partial charge in [-0.1, -0.05) is 19.9 Å². The molecule has 0 saturated heterocycles. The molecule has 6 heteroatoms. The molecule has 0 aliphatic carbocycles. The van der Waals surface area contributed by atoms with E-state index in [2.05, 4.69) is 15.3 Å². The van der Waals surface area contributed by atoms with Crippen molar-refractivity contribution in [2.45, 2.75) is 40.2 Å². The van der Waals surface area contributed by atoms with Gasteiger partial charge in [-0.15, -0.1) is 0 Å². The van der Waals surface area contributed by atoms with E-state index in [1.54, 1.807) is 12.4 Å². The lowest BCUT2D eigenvalue weighted by atomic mass is 9.81. The molecule has 0 aromatic carbocycles. The maximum atomic E-state index is 12.4. The fraction of sp³-hybridized carbons (Fsp3) is 0.471. The van der Waals surface area contributed by atoms with Crippen molar-refractivity contribution in [3.05, 3.63) is 42.1 Å². The second-order valence-electron chi connectivity index (χ2n) is 5.74. The van der Waals surface area contributed by atoms with E-state index in [9.17, 15) is 4.79 Å². The van der Waals surface area contributed by atoms with E-state index < -0.39 is 5.41 Å². The Hall–Kier alpha value is -2.21. The lowest BCUT2D eigenvalue weighted by molar-refractivity contribution is -0.131. The van der Waals surface area contributed by atoms with E-state index in [1.807, 2.05) is 43.7 Å². The second kappa shape index (κ2) is 7.37. The van der Waals surface area contributed by atoms with Crippen molar-refractivity contribution in [1.29, 1.82) is 0 Å². The van der Waals surface area contributed by atoms with Crippen LogP contribution in [0.2, 0.25) is 0 Å². The average molecular weight is 315 g/mol. The number of aromatic nitrogens is 3. The number of carbonyl (C=O) groups is 1. The Morgan fingerprint density at radius 2 is 2.04 bits per heavy atom. The van der Waals surface area contributed by atoms with Crippen molar-refractivity contribution in [2.75, 3.05) is 6.54 Å². The molecule has 0 aliphatic rings. The predicted octanol–water partition coefficient (Wildman–Crippen LogP) is 1.96. The fourth-order valence-electron chi connectivity index (χ4n) is 2.61. The van der Waals surface area contributed by atoms with E-state index in [4.69, 9.17) is 5.73 Å². The first-order valence-electron chi connectivity index (χ1n) is 8.00. The molecule has 6 nitrogen and oxygen atoms in total. The predicted molar refractivity (Wildman–Crippen MR) is 90.0 cm³/mol. The van der Waals surface area contributed by atoms with Crippen LogP contribution in [0.4, 0.5) is 0 Å². The maximum Gasteiger partial charge on any atom is 0.227 e. The minimum absolute atomic E-state index is 0.0135. The van der Waals surface area contributed by atoms with Gasteiger partial charge >= 0.3 is 0 Å². The number of nitrogens with one attached hydrogen (secondary N) is 1. The van der Waals surface area contributed by atoms with Crippen molar-refractivity contribution < 1.29 is 4.79 Å². The number of imidazole rings is 1. The highest BCUT2D eigenvalue weighted by atomic mass is 16.2. The van der Waals surface area contributed by atoms with Gasteiger partial charge in [0, 0.05) is 31.7 Å². The molecule has 0 unspecified atom stereocenters. The van der Waals surface area contributed by atoms with Gasteiger partial charge in [-0.05, 0) is 31.4 Å². The molecule has 0 bridgehead atoms. The summed E-state index contributed by atoms with van der Waals surface area (Å²) >= 11 is 0. The van der Waals surface area contributed by atoms with Crippen LogP contribution in [-0.2, 0) is 11.3 Å². The topological polar surface area (TPSA) is 85.8 Å². The Morgan fingerprint density at radius 3 is 2.52 bits per heavy atom. The van der Waals surface area contributed by atoms with Gasteiger partial charge < -0.3 is 11.1 Å². The third-order valence-corrected chi connectivity index (χ3v) is 4.56. The highest BCUT2D eigenvalue weighted by molar-refractivity contribution is 5.82. The van der Waals surface area contributed by atoms with Crippen LogP contribution in [0.3, 0.4) is 0 Å². The van der Waals surface area contributed by atoms with Gasteiger partial charge in [-0.25, -0.2) is 9.97 Å². The number of aryl methyl sites for hydroxylation is 1. The van der Waals surface area contributed by atoms with E-state index >= 15 is 0 Å². The Kier molecular flexibility index (Phi) is 5.50. The number of rotatable bonds is 7. The van der Waals surface area contributed by atoms with Gasteiger partial charge in [0.05, 0.1) is 5.41 Å². The Morgan fingerprint density at radius 1 is 1.30 bits per heavy atom. The molecule has 23 heavy (non-hydrogen) atoms. The largest absolute Gasteiger partial charge is 0.351 e. The molecule has 0 radical (unpaired) electrons. The maximum absolute atomic E-state index is 12.4. The van der Waals surface area contributed by atoms with Crippen LogP contribution in [0.1, 0.15) is 38.1 Å². The molecule has 2 heterocycles.